The van der Waals surface area contributed by atoms with E-state index in [0.717, 1.165) is 11.8 Å². The number of rotatable bonds is 2. The summed E-state index contributed by atoms with van der Waals surface area (Å²) in [7, 11) is 1.28. The van der Waals surface area contributed by atoms with Crippen molar-refractivity contribution in [2.45, 2.75) is 51.0 Å². The number of hydrogen-bond acceptors (Lipinski definition) is 1. The fraction of sp³-hybridized carbons (Fsp3) is 1.00. The first-order chi connectivity index (χ1) is 6.84. The second-order valence-corrected chi connectivity index (χ2v) is 6.71. The summed E-state index contributed by atoms with van der Waals surface area (Å²) < 4.78 is 0. The van der Waals surface area contributed by atoms with Crippen molar-refractivity contribution in [1.29, 1.82) is 0 Å². The van der Waals surface area contributed by atoms with Crippen molar-refractivity contribution in [1.82, 2.24) is 0 Å². The zero-order valence-electron chi connectivity index (χ0n) is 9.17. The van der Waals surface area contributed by atoms with E-state index in [1.807, 2.05) is 0 Å². The largest absolute Gasteiger partial charge is 0.328 e. The van der Waals surface area contributed by atoms with Gasteiger partial charge < -0.3 is 5.73 Å². The third kappa shape index (κ3) is 3.21. The maximum absolute atomic E-state index is 5.93. The van der Waals surface area contributed by atoms with Gasteiger partial charge in [0.1, 0.15) is 0 Å². The van der Waals surface area contributed by atoms with Gasteiger partial charge in [-0.1, -0.05) is 0 Å². The molecule has 0 radical (unpaired) electrons. The van der Waals surface area contributed by atoms with Crippen LogP contribution < -0.4 is 5.73 Å². The lowest BCUT2D eigenvalue weighted by Crippen LogP contribution is -2.27. The summed E-state index contributed by atoms with van der Waals surface area (Å²) >= 11 is 0. The molecular weight excluding hydrogens is 189 g/mol. The van der Waals surface area contributed by atoms with E-state index in [1.165, 1.54) is 65.9 Å². The van der Waals surface area contributed by atoms with Crippen LogP contribution in [0.25, 0.3) is 0 Å². The summed E-state index contributed by atoms with van der Waals surface area (Å²) in [6.45, 7) is 0. The Kier molecular flexibility index (Phi) is 4.25. The molecule has 0 bridgehead atoms. The molecule has 0 aromatic heterocycles. The van der Waals surface area contributed by atoms with Crippen molar-refractivity contribution < 1.29 is 0 Å². The van der Waals surface area contributed by atoms with Crippen molar-refractivity contribution >= 4 is 8.58 Å². The van der Waals surface area contributed by atoms with Gasteiger partial charge in [0.05, 0.1) is 0 Å². The first-order valence-electron chi connectivity index (χ1n) is 6.31. The highest BCUT2D eigenvalue weighted by Gasteiger charge is 2.22. The van der Waals surface area contributed by atoms with Crippen LogP contribution in [-0.2, 0) is 0 Å². The maximum atomic E-state index is 5.93. The Bertz CT molecular complexity index is 158. The minimum Gasteiger partial charge on any atom is -0.328 e. The van der Waals surface area contributed by atoms with Crippen LogP contribution in [0, 0.1) is 11.8 Å². The molecule has 0 unspecified atom stereocenters. The highest BCUT2D eigenvalue weighted by atomic mass is 31.1. The highest BCUT2D eigenvalue weighted by Crippen LogP contribution is 2.35. The molecule has 0 aromatic rings. The van der Waals surface area contributed by atoms with Gasteiger partial charge in [-0.2, -0.15) is 0 Å². The first kappa shape index (κ1) is 10.9. The van der Waals surface area contributed by atoms with Gasteiger partial charge in [0.15, 0.2) is 0 Å². The van der Waals surface area contributed by atoms with E-state index in [0.29, 0.717) is 6.04 Å². The van der Waals surface area contributed by atoms with Gasteiger partial charge in [-0.05, 0) is 69.1 Å². The minimum absolute atomic E-state index is 0.527. The maximum Gasteiger partial charge on any atom is 0.00390 e. The monoisotopic (exact) mass is 213 g/mol. The molecule has 2 heteroatoms. The predicted octanol–water partition coefficient (Wildman–Crippen LogP) is 2.98. The average molecular weight is 213 g/mol. The van der Waals surface area contributed by atoms with E-state index >= 15 is 0 Å². The molecule has 0 aromatic carbocycles. The summed E-state index contributed by atoms with van der Waals surface area (Å²) in [5.41, 5.74) is 5.93. The van der Waals surface area contributed by atoms with Gasteiger partial charge in [-0.3, -0.25) is 0 Å². The lowest BCUT2D eigenvalue weighted by molar-refractivity contribution is 0.261. The number of hydrogen-bond donors (Lipinski definition) is 1. The van der Waals surface area contributed by atoms with Gasteiger partial charge in [0.25, 0.3) is 0 Å². The van der Waals surface area contributed by atoms with Gasteiger partial charge >= 0.3 is 0 Å². The molecule has 1 aliphatic heterocycles. The van der Waals surface area contributed by atoms with Crippen LogP contribution in [0.15, 0.2) is 0 Å². The van der Waals surface area contributed by atoms with Crippen molar-refractivity contribution in [3.05, 3.63) is 0 Å². The van der Waals surface area contributed by atoms with Crippen molar-refractivity contribution in [2.75, 3.05) is 12.3 Å². The predicted molar refractivity (Wildman–Crippen MR) is 65.3 cm³/mol. The second-order valence-electron chi connectivity index (χ2n) is 5.21. The zero-order valence-corrected chi connectivity index (χ0v) is 10.2. The lowest BCUT2D eigenvalue weighted by atomic mass is 9.79. The van der Waals surface area contributed by atoms with Crippen molar-refractivity contribution in [3.63, 3.8) is 0 Å². The van der Waals surface area contributed by atoms with E-state index < -0.39 is 0 Å². The number of nitrogens with two attached hydrogens (primary N) is 1. The molecule has 1 heterocycles. The van der Waals surface area contributed by atoms with Crippen LogP contribution in [0.2, 0.25) is 0 Å². The standard InChI is InChI=1S/C12H24NP/c13-12-3-1-10(2-4-12)9-11-5-7-14-8-6-11/h10-12,14H,1-9,13H2. The molecule has 1 aliphatic carbocycles. The molecular formula is C12H24NP. The van der Waals surface area contributed by atoms with Crippen LogP contribution >= 0.6 is 8.58 Å². The van der Waals surface area contributed by atoms with Gasteiger partial charge in [0, 0.05) is 6.04 Å². The Balaban J connectivity index is 1.68. The van der Waals surface area contributed by atoms with Crippen LogP contribution in [0.1, 0.15) is 44.9 Å². The highest BCUT2D eigenvalue weighted by molar-refractivity contribution is 7.38. The third-order valence-corrected chi connectivity index (χ3v) is 5.30. The Labute approximate surface area is 90.0 Å². The molecule has 0 atom stereocenters. The zero-order chi connectivity index (χ0) is 9.80. The Morgan fingerprint density at radius 2 is 1.43 bits per heavy atom. The summed E-state index contributed by atoms with van der Waals surface area (Å²) in [6.07, 6.45) is 13.0. The van der Waals surface area contributed by atoms with E-state index in [1.54, 1.807) is 0 Å². The molecule has 0 amide bonds. The molecule has 2 fully saturated rings. The average Bonchev–Trinajstić information content (AvgIpc) is 2.23. The summed E-state index contributed by atoms with van der Waals surface area (Å²) in [6, 6.07) is 0.527. The minimum atomic E-state index is 0.527. The quantitative estimate of drug-likeness (QED) is 0.701. The summed E-state index contributed by atoms with van der Waals surface area (Å²) in [5, 5.41) is 0. The molecule has 2 N–H and O–H groups in total. The van der Waals surface area contributed by atoms with Crippen molar-refractivity contribution in [3.8, 4) is 0 Å². The Morgan fingerprint density at radius 3 is 2.07 bits per heavy atom. The third-order valence-electron chi connectivity index (χ3n) is 4.02. The molecule has 1 nitrogen and oxygen atoms in total. The van der Waals surface area contributed by atoms with Crippen LogP contribution in [0.4, 0.5) is 0 Å². The fourth-order valence-electron chi connectivity index (χ4n) is 3.01. The molecule has 82 valence electrons. The fourth-order valence-corrected chi connectivity index (χ4v) is 4.49. The smallest absolute Gasteiger partial charge is 0.00390 e. The molecule has 1 saturated carbocycles. The van der Waals surface area contributed by atoms with Gasteiger partial charge in [0.2, 0.25) is 0 Å². The molecule has 0 spiro atoms. The van der Waals surface area contributed by atoms with Crippen molar-refractivity contribution in [2.24, 2.45) is 17.6 Å². The van der Waals surface area contributed by atoms with Crippen LogP contribution in [0.5, 0.6) is 0 Å². The van der Waals surface area contributed by atoms with Gasteiger partial charge in [-0.15, -0.1) is 8.58 Å². The summed E-state index contributed by atoms with van der Waals surface area (Å²) in [4.78, 5) is 0. The Morgan fingerprint density at radius 1 is 0.857 bits per heavy atom. The molecule has 1 saturated heterocycles. The Hall–Kier alpha value is 0.390. The second kappa shape index (κ2) is 5.47. The van der Waals surface area contributed by atoms with Crippen LogP contribution in [0.3, 0.4) is 0 Å². The van der Waals surface area contributed by atoms with Crippen LogP contribution in [-0.4, -0.2) is 18.4 Å². The van der Waals surface area contributed by atoms with E-state index in [-0.39, 0.29) is 0 Å². The van der Waals surface area contributed by atoms with E-state index in [4.69, 9.17) is 5.73 Å². The molecule has 2 aliphatic rings. The SMILES string of the molecule is NC1CCC(CC2CCPCC2)CC1. The topological polar surface area (TPSA) is 26.0 Å². The first-order valence-corrected chi connectivity index (χ1v) is 7.72. The summed E-state index contributed by atoms with van der Waals surface area (Å²) in [5.74, 6) is 2.11. The van der Waals surface area contributed by atoms with E-state index in [2.05, 4.69) is 0 Å². The molecule has 2 rings (SSSR count). The lowest BCUT2D eigenvalue weighted by Gasteiger charge is -2.30. The normalized spacial score (nSPS) is 41.4. The molecule has 14 heavy (non-hydrogen) atoms. The van der Waals surface area contributed by atoms with Gasteiger partial charge in [-0.25, -0.2) is 0 Å². The van der Waals surface area contributed by atoms with E-state index in [9.17, 15) is 0 Å².